The number of carbonyl (C=O) groups excluding carboxylic acids is 1. The maximum atomic E-state index is 12.0. The van der Waals surface area contributed by atoms with Gasteiger partial charge in [0.25, 0.3) is 5.91 Å². The molecular weight excluding hydrogens is 353 g/mol. The summed E-state index contributed by atoms with van der Waals surface area (Å²) in [6.07, 6.45) is 0. The molecule has 0 fully saturated rings. The highest BCUT2D eigenvalue weighted by Crippen LogP contribution is 2.13. The molecule has 1 amide bonds. The van der Waals surface area contributed by atoms with Gasteiger partial charge in [-0.25, -0.2) is 0 Å². The third-order valence-corrected chi connectivity index (χ3v) is 3.35. The summed E-state index contributed by atoms with van der Waals surface area (Å²) in [6.45, 7) is 0.555. The molecule has 2 aromatic rings. The first kappa shape index (κ1) is 14.0. The van der Waals surface area contributed by atoms with Crippen LogP contribution in [0, 0.1) is 3.57 Å². The molecule has 0 aromatic heterocycles. The number of carbonyl (C=O) groups is 1. The van der Waals surface area contributed by atoms with Crippen molar-refractivity contribution in [3.63, 3.8) is 0 Å². The third-order valence-electron chi connectivity index (χ3n) is 2.63. The van der Waals surface area contributed by atoms with E-state index in [1.165, 1.54) is 0 Å². The lowest BCUT2D eigenvalue weighted by molar-refractivity contribution is 0.102. The Morgan fingerprint density at radius 1 is 1.11 bits per heavy atom. The van der Waals surface area contributed by atoms with Crippen LogP contribution in [0.25, 0.3) is 0 Å². The van der Waals surface area contributed by atoms with Gasteiger partial charge >= 0.3 is 0 Å². The first-order chi connectivity index (χ1) is 9.19. The van der Waals surface area contributed by atoms with Crippen molar-refractivity contribution < 1.29 is 9.53 Å². The largest absolute Gasteiger partial charge is 0.380 e. The van der Waals surface area contributed by atoms with Gasteiger partial charge < -0.3 is 10.1 Å². The number of hydrogen-bond donors (Lipinski definition) is 1. The second-order valence-electron chi connectivity index (χ2n) is 4.09. The molecular formula is C15H14INO2. The Hall–Kier alpha value is -1.40. The smallest absolute Gasteiger partial charge is 0.255 e. The van der Waals surface area contributed by atoms with Crippen molar-refractivity contribution in [2.24, 2.45) is 0 Å². The van der Waals surface area contributed by atoms with Crippen LogP contribution in [0.2, 0.25) is 0 Å². The topological polar surface area (TPSA) is 38.3 Å². The lowest BCUT2D eigenvalue weighted by Gasteiger charge is -2.06. The summed E-state index contributed by atoms with van der Waals surface area (Å²) in [7, 11) is 1.65. The number of nitrogens with one attached hydrogen (secondary N) is 1. The predicted molar refractivity (Wildman–Crippen MR) is 84.3 cm³/mol. The minimum Gasteiger partial charge on any atom is -0.380 e. The van der Waals surface area contributed by atoms with Gasteiger partial charge in [0.2, 0.25) is 0 Å². The minimum atomic E-state index is -0.106. The Kier molecular flexibility index (Phi) is 4.93. The second-order valence-corrected chi connectivity index (χ2v) is 5.34. The van der Waals surface area contributed by atoms with Gasteiger partial charge in [0.15, 0.2) is 0 Å². The van der Waals surface area contributed by atoms with E-state index in [4.69, 9.17) is 4.74 Å². The number of benzene rings is 2. The summed E-state index contributed by atoms with van der Waals surface area (Å²) < 4.78 is 6.17. The van der Waals surface area contributed by atoms with Crippen LogP contribution in [-0.4, -0.2) is 13.0 Å². The quantitative estimate of drug-likeness (QED) is 0.838. The van der Waals surface area contributed by atoms with Gasteiger partial charge in [0.1, 0.15) is 0 Å². The molecule has 0 aliphatic rings. The summed E-state index contributed by atoms with van der Waals surface area (Å²) in [4.78, 5) is 12.0. The van der Waals surface area contributed by atoms with Crippen LogP contribution >= 0.6 is 22.6 Å². The molecule has 0 radical (unpaired) electrons. The highest BCUT2D eigenvalue weighted by atomic mass is 127. The Morgan fingerprint density at radius 2 is 1.74 bits per heavy atom. The number of halogens is 1. The molecule has 0 heterocycles. The van der Waals surface area contributed by atoms with Crippen LogP contribution in [0.1, 0.15) is 15.9 Å². The standard InChI is InChI=1S/C15H14INO2/c1-19-10-11-2-4-12(5-3-11)15(18)17-14-8-6-13(16)7-9-14/h2-9H,10H2,1H3,(H,17,18). The van der Waals surface area contributed by atoms with E-state index < -0.39 is 0 Å². The third kappa shape index (κ3) is 4.04. The van der Waals surface area contributed by atoms with Crippen LogP contribution in [0.15, 0.2) is 48.5 Å². The van der Waals surface area contributed by atoms with E-state index >= 15 is 0 Å². The summed E-state index contributed by atoms with van der Waals surface area (Å²) >= 11 is 2.23. The molecule has 0 saturated carbocycles. The van der Waals surface area contributed by atoms with Crippen molar-refractivity contribution in [1.29, 1.82) is 0 Å². The van der Waals surface area contributed by atoms with Gasteiger partial charge in [-0.05, 0) is 64.6 Å². The molecule has 0 atom stereocenters. The Bertz CT molecular complexity index is 549. The number of methoxy groups -OCH3 is 1. The second kappa shape index (κ2) is 6.68. The number of rotatable bonds is 4. The van der Waals surface area contributed by atoms with Crippen LogP contribution in [0.5, 0.6) is 0 Å². The minimum absolute atomic E-state index is 0.106. The van der Waals surface area contributed by atoms with Crippen LogP contribution in [0.4, 0.5) is 5.69 Å². The van der Waals surface area contributed by atoms with Crippen molar-refractivity contribution in [2.45, 2.75) is 6.61 Å². The number of ether oxygens (including phenoxy) is 1. The molecule has 0 aliphatic carbocycles. The SMILES string of the molecule is COCc1ccc(C(=O)Nc2ccc(I)cc2)cc1. The van der Waals surface area contributed by atoms with Gasteiger partial charge in [-0.2, -0.15) is 0 Å². The van der Waals surface area contributed by atoms with E-state index in [0.29, 0.717) is 12.2 Å². The molecule has 0 bridgehead atoms. The molecule has 0 unspecified atom stereocenters. The Labute approximate surface area is 126 Å². The van der Waals surface area contributed by atoms with E-state index in [9.17, 15) is 4.79 Å². The zero-order valence-electron chi connectivity index (χ0n) is 10.5. The molecule has 98 valence electrons. The maximum absolute atomic E-state index is 12.0. The fourth-order valence-electron chi connectivity index (χ4n) is 1.66. The molecule has 19 heavy (non-hydrogen) atoms. The van der Waals surface area contributed by atoms with Gasteiger partial charge in [-0.1, -0.05) is 12.1 Å². The fraction of sp³-hybridized carbons (Fsp3) is 0.133. The summed E-state index contributed by atoms with van der Waals surface area (Å²) in [5.41, 5.74) is 2.48. The van der Waals surface area contributed by atoms with E-state index in [1.54, 1.807) is 19.2 Å². The molecule has 2 rings (SSSR count). The first-order valence-corrected chi connectivity index (χ1v) is 6.92. The van der Waals surface area contributed by atoms with Crippen molar-refractivity contribution in [3.8, 4) is 0 Å². The molecule has 0 saturated heterocycles. The van der Waals surface area contributed by atoms with Gasteiger partial charge in [0, 0.05) is 21.9 Å². The zero-order valence-corrected chi connectivity index (χ0v) is 12.7. The van der Waals surface area contributed by atoms with Crippen molar-refractivity contribution in [3.05, 3.63) is 63.2 Å². The zero-order chi connectivity index (χ0) is 13.7. The van der Waals surface area contributed by atoms with Crippen molar-refractivity contribution in [1.82, 2.24) is 0 Å². The molecule has 0 aliphatic heterocycles. The van der Waals surface area contributed by atoms with Crippen LogP contribution in [-0.2, 0) is 11.3 Å². The van der Waals surface area contributed by atoms with E-state index in [0.717, 1.165) is 14.8 Å². The Balaban J connectivity index is 2.05. The van der Waals surface area contributed by atoms with Crippen LogP contribution < -0.4 is 5.32 Å². The van der Waals surface area contributed by atoms with E-state index in [2.05, 4.69) is 27.9 Å². The molecule has 0 spiro atoms. The van der Waals surface area contributed by atoms with Crippen molar-refractivity contribution >= 4 is 34.2 Å². The monoisotopic (exact) mass is 367 g/mol. The summed E-state index contributed by atoms with van der Waals surface area (Å²) in [5, 5.41) is 2.86. The molecule has 1 N–H and O–H groups in total. The fourth-order valence-corrected chi connectivity index (χ4v) is 2.02. The van der Waals surface area contributed by atoms with E-state index in [-0.39, 0.29) is 5.91 Å². The van der Waals surface area contributed by atoms with Crippen LogP contribution in [0.3, 0.4) is 0 Å². The van der Waals surface area contributed by atoms with Gasteiger partial charge in [-0.15, -0.1) is 0 Å². The average Bonchev–Trinajstić information content (AvgIpc) is 2.42. The lowest BCUT2D eigenvalue weighted by atomic mass is 10.1. The van der Waals surface area contributed by atoms with Crippen molar-refractivity contribution in [2.75, 3.05) is 12.4 Å². The Morgan fingerprint density at radius 3 is 2.32 bits per heavy atom. The van der Waals surface area contributed by atoms with Gasteiger partial charge in [0.05, 0.1) is 6.61 Å². The summed E-state index contributed by atoms with van der Waals surface area (Å²) in [5.74, 6) is -0.106. The highest BCUT2D eigenvalue weighted by Gasteiger charge is 2.05. The predicted octanol–water partition coefficient (Wildman–Crippen LogP) is 3.69. The summed E-state index contributed by atoms with van der Waals surface area (Å²) in [6, 6.07) is 15.1. The molecule has 4 heteroatoms. The average molecular weight is 367 g/mol. The van der Waals surface area contributed by atoms with Gasteiger partial charge in [-0.3, -0.25) is 4.79 Å². The van der Waals surface area contributed by atoms with E-state index in [1.807, 2.05) is 36.4 Å². The first-order valence-electron chi connectivity index (χ1n) is 5.84. The highest BCUT2D eigenvalue weighted by molar-refractivity contribution is 14.1. The lowest BCUT2D eigenvalue weighted by Crippen LogP contribution is -2.11. The number of amides is 1. The normalized spacial score (nSPS) is 10.2. The number of anilines is 1. The molecule has 2 aromatic carbocycles. The number of hydrogen-bond acceptors (Lipinski definition) is 2. The molecule has 3 nitrogen and oxygen atoms in total. The maximum Gasteiger partial charge on any atom is 0.255 e.